The van der Waals surface area contributed by atoms with Crippen molar-refractivity contribution in [1.82, 2.24) is 10.1 Å². The molecule has 0 fully saturated rings. The van der Waals surface area contributed by atoms with Crippen molar-refractivity contribution in [2.24, 2.45) is 5.92 Å². The molecule has 2 aromatic carbocycles. The van der Waals surface area contributed by atoms with Gasteiger partial charge in [-0.2, -0.15) is 4.98 Å². The summed E-state index contributed by atoms with van der Waals surface area (Å²) in [7, 11) is -0.611. The van der Waals surface area contributed by atoms with Gasteiger partial charge in [-0.3, -0.25) is 9.00 Å². The lowest BCUT2D eigenvalue weighted by Gasteiger charge is -2.04. The number of nitrogens with zero attached hydrogens (tertiary/aromatic N) is 2. The molecule has 27 heavy (non-hydrogen) atoms. The number of rotatable bonds is 5. The van der Waals surface area contributed by atoms with Crippen LogP contribution in [0.4, 0.5) is 0 Å². The van der Waals surface area contributed by atoms with E-state index in [-0.39, 0.29) is 0 Å². The standard InChI is InChI=1S/C19H18N2O2.C2H6OS/c1-13(2)11-14-3-9-17(10-4-14)19-20-18(21-23-19)16-7-5-15(12-22)6-8-16;1-4(2)3/h3-10,12-13H,11H2,1-2H3;1-2H3. The number of carbonyl (C=O) groups is 1. The van der Waals surface area contributed by atoms with E-state index >= 15 is 0 Å². The van der Waals surface area contributed by atoms with Gasteiger partial charge < -0.3 is 4.52 Å². The molecule has 3 rings (SSSR count). The Bertz CT molecular complexity index is 881. The molecule has 0 saturated carbocycles. The van der Waals surface area contributed by atoms with Crippen LogP contribution in [0, 0.1) is 5.92 Å². The highest BCUT2D eigenvalue weighted by Crippen LogP contribution is 2.23. The first-order valence-corrected chi connectivity index (χ1v) is 10.6. The van der Waals surface area contributed by atoms with Crippen LogP contribution >= 0.6 is 0 Å². The molecule has 0 saturated heterocycles. The van der Waals surface area contributed by atoms with Crippen molar-refractivity contribution >= 4 is 17.1 Å². The predicted octanol–water partition coefficient (Wildman–Crippen LogP) is 4.41. The van der Waals surface area contributed by atoms with E-state index in [0.29, 0.717) is 23.2 Å². The zero-order valence-corrected chi connectivity index (χ0v) is 16.8. The minimum atomic E-state index is -0.611. The van der Waals surface area contributed by atoms with Crippen LogP contribution in [0.1, 0.15) is 29.8 Å². The van der Waals surface area contributed by atoms with Crippen LogP contribution in [0.25, 0.3) is 22.8 Å². The van der Waals surface area contributed by atoms with Crippen LogP contribution in [0.3, 0.4) is 0 Å². The van der Waals surface area contributed by atoms with Crippen molar-refractivity contribution in [1.29, 1.82) is 0 Å². The summed E-state index contributed by atoms with van der Waals surface area (Å²) < 4.78 is 14.9. The fraction of sp³-hybridized carbons (Fsp3) is 0.286. The third-order valence-corrected chi connectivity index (χ3v) is 3.58. The molecule has 142 valence electrons. The summed E-state index contributed by atoms with van der Waals surface area (Å²) in [4.78, 5) is 15.1. The molecule has 0 aliphatic rings. The molecule has 0 aliphatic carbocycles. The van der Waals surface area contributed by atoms with Crippen molar-refractivity contribution < 1.29 is 13.5 Å². The number of aromatic nitrogens is 2. The first-order chi connectivity index (χ1) is 12.9. The molecule has 0 unspecified atom stereocenters. The fourth-order valence-corrected chi connectivity index (χ4v) is 2.42. The summed E-state index contributed by atoms with van der Waals surface area (Å²) in [5.74, 6) is 1.64. The zero-order chi connectivity index (χ0) is 19.8. The van der Waals surface area contributed by atoms with E-state index in [1.54, 1.807) is 24.6 Å². The highest BCUT2D eigenvalue weighted by Gasteiger charge is 2.10. The van der Waals surface area contributed by atoms with Crippen LogP contribution in [-0.2, 0) is 17.2 Å². The summed E-state index contributed by atoms with van der Waals surface area (Å²) in [6, 6.07) is 15.3. The van der Waals surface area contributed by atoms with E-state index < -0.39 is 10.8 Å². The Labute approximate surface area is 162 Å². The molecule has 0 atom stereocenters. The molecule has 0 bridgehead atoms. The Hall–Kier alpha value is -2.60. The molecule has 0 radical (unpaired) electrons. The lowest BCUT2D eigenvalue weighted by Crippen LogP contribution is -1.93. The maximum absolute atomic E-state index is 10.7. The summed E-state index contributed by atoms with van der Waals surface area (Å²) in [5.41, 5.74) is 3.65. The van der Waals surface area contributed by atoms with E-state index in [1.807, 2.05) is 24.3 Å². The third-order valence-electron chi connectivity index (χ3n) is 3.58. The monoisotopic (exact) mass is 384 g/mol. The van der Waals surface area contributed by atoms with Crippen LogP contribution in [0.5, 0.6) is 0 Å². The van der Waals surface area contributed by atoms with Gasteiger partial charge in [0, 0.05) is 40.0 Å². The molecule has 0 aliphatic heterocycles. The van der Waals surface area contributed by atoms with Crippen LogP contribution in [0.15, 0.2) is 53.1 Å². The average molecular weight is 385 g/mol. The second kappa shape index (κ2) is 9.92. The molecule has 0 spiro atoms. The van der Waals surface area contributed by atoms with Gasteiger partial charge in [0.2, 0.25) is 5.82 Å². The Morgan fingerprint density at radius 2 is 1.56 bits per heavy atom. The Kier molecular flexibility index (Phi) is 7.61. The molecule has 5 nitrogen and oxygen atoms in total. The number of aldehydes is 1. The van der Waals surface area contributed by atoms with E-state index in [9.17, 15) is 9.00 Å². The largest absolute Gasteiger partial charge is 0.334 e. The molecule has 0 amide bonds. The fourth-order valence-electron chi connectivity index (χ4n) is 2.42. The van der Waals surface area contributed by atoms with Crippen molar-refractivity contribution in [3.8, 4) is 22.8 Å². The maximum atomic E-state index is 10.7. The molecular weight excluding hydrogens is 360 g/mol. The molecule has 6 heteroatoms. The predicted molar refractivity (Wildman–Crippen MR) is 109 cm³/mol. The van der Waals surface area contributed by atoms with Gasteiger partial charge >= 0.3 is 0 Å². The summed E-state index contributed by atoms with van der Waals surface area (Å²) >= 11 is 0. The van der Waals surface area contributed by atoms with Crippen molar-refractivity contribution in [2.75, 3.05) is 12.5 Å². The zero-order valence-electron chi connectivity index (χ0n) is 16.0. The smallest absolute Gasteiger partial charge is 0.258 e. The van der Waals surface area contributed by atoms with Gasteiger partial charge in [0.15, 0.2) is 0 Å². The maximum Gasteiger partial charge on any atom is 0.258 e. The normalized spacial score (nSPS) is 10.6. The SMILES string of the molecule is CC(C)Cc1ccc(-c2nc(-c3ccc(C=O)cc3)no2)cc1.CS(C)=O. The second-order valence-electron chi connectivity index (χ2n) is 6.70. The van der Waals surface area contributed by atoms with Crippen LogP contribution in [0.2, 0.25) is 0 Å². The average Bonchev–Trinajstić information content (AvgIpc) is 3.11. The van der Waals surface area contributed by atoms with E-state index in [0.717, 1.165) is 23.8 Å². The number of carbonyl (C=O) groups excluding carboxylic acids is 1. The molecule has 1 heterocycles. The van der Waals surface area contributed by atoms with Crippen molar-refractivity contribution in [2.45, 2.75) is 20.3 Å². The van der Waals surface area contributed by atoms with Gasteiger partial charge in [0.25, 0.3) is 5.89 Å². The third kappa shape index (κ3) is 6.57. The summed E-state index contributed by atoms with van der Waals surface area (Å²) in [6.45, 7) is 4.40. The highest BCUT2D eigenvalue weighted by atomic mass is 32.2. The first-order valence-electron chi connectivity index (χ1n) is 8.62. The van der Waals surface area contributed by atoms with Crippen molar-refractivity contribution in [3.63, 3.8) is 0 Å². The van der Waals surface area contributed by atoms with Gasteiger partial charge in [0.05, 0.1) is 0 Å². The topological polar surface area (TPSA) is 73.1 Å². The first kappa shape index (κ1) is 20.7. The lowest BCUT2D eigenvalue weighted by molar-refractivity contribution is 0.112. The summed E-state index contributed by atoms with van der Waals surface area (Å²) in [5, 5.41) is 4.01. The van der Waals surface area contributed by atoms with E-state index in [2.05, 4.69) is 36.1 Å². The molecule has 3 aromatic rings. The van der Waals surface area contributed by atoms with E-state index in [4.69, 9.17) is 4.52 Å². The Morgan fingerprint density at radius 3 is 2.07 bits per heavy atom. The van der Waals surface area contributed by atoms with Gasteiger partial charge in [-0.05, 0) is 30.0 Å². The van der Waals surface area contributed by atoms with Gasteiger partial charge in [-0.1, -0.05) is 55.4 Å². The summed E-state index contributed by atoms with van der Waals surface area (Å²) in [6.07, 6.45) is 5.14. The van der Waals surface area contributed by atoms with Gasteiger partial charge in [-0.25, -0.2) is 0 Å². The lowest BCUT2D eigenvalue weighted by atomic mass is 10.0. The van der Waals surface area contributed by atoms with Gasteiger partial charge in [-0.15, -0.1) is 0 Å². The van der Waals surface area contributed by atoms with Gasteiger partial charge in [0.1, 0.15) is 6.29 Å². The van der Waals surface area contributed by atoms with Crippen LogP contribution in [-0.4, -0.2) is 33.1 Å². The van der Waals surface area contributed by atoms with E-state index in [1.165, 1.54) is 5.56 Å². The van der Waals surface area contributed by atoms with Crippen molar-refractivity contribution in [3.05, 3.63) is 59.7 Å². The Balaban J connectivity index is 0.000000596. The highest BCUT2D eigenvalue weighted by molar-refractivity contribution is 7.83. The quantitative estimate of drug-likeness (QED) is 0.609. The second-order valence-corrected chi connectivity index (χ2v) is 8.18. The number of hydrogen-bond donors (Lipinski definition) is 0. The minimum Gasteiger partial charge on any atom is -0.334 e. The minimum absolute atomic E-state index is 0.496. The number of hydrogen-bond acceptors (Lipinski definition) is 5. The number of benzene rings is 2. The molecular formula is C21H24N2O3S. The van der Waals surface area contributed by atoms with Crippen LogP contribution < -0.4 is 0 Å². The Morgan fingerprint density at radius 1 is 1.00 bits per heavy atom. The molecule has 0 N–H and O–H groups in total. The molecule has 1 aromatic heterocycles.